The van der Waals surface area contributed by atoms with Gasteiger partial charge in [-0.1, -0.05) is 24.3 Å². The van der Waals surface area contributed by atoms with Gasteiger partial charge in [-0.2, -0.15) is 0 Å². The first kappa shape index (κ1) is 19.6. The van der Waals surface area contributed by atoms with E-state index in [0.29, 0.717) is 52.2 Å². The van der Waals surface area contributed by atoms with Crippen molar-refractivity contribution >= 4 is 11.8 Å². The van der Waals surface area contributed by atoms with Crippen molar-refractivity contribution in [2.24, 2.45) is 5.92 Å². The van der Waals surface area contributed by atoms with Crippen LogP contribution in [0.5, 0.6) is 0 Å². The van der Waals surface area contributed by atoms with E-state index in [4.69, 9.17) is 4.74 Å². The number of aryl methyl sites for hydroxylation is 1. The van der Waals surface area contributed by atoms with E-state index in [1.165, 1.54) is 0 Å². The summed E-state index contributed by atoms with van der Waals surface area (Å²) in [5.74, 6) is 1.67. The molecule has 1 unspecified atom stereocenters. The molecule has 1 atom stereocenters. The van der Waals surface area contributed by atoms with Gasteiger partial charge >= 0.3 is 0 Å². The third-order valence-corrected chi connectivity index (χ3v) is 5.78. The van der Waals surface area contributed by atoms with Gasteiger partial charge in [-0.05, 0) is 24.5 Å². The Labute approximate surface area is 170 Å². The van der Waals surface area contributed by atoms with Crippen molar-refractivity contribution in [2.45, 2.75) is 39.3 Å². The Bertz CT molecular complexity index is 888. The predicted molar refractivity (Wildman–Crippen MR) is 106 cm³/mol. The molecule has 0 bridgehead atoms. The zero-order valence-electron chi connectivity index (χ0n) is 16.8. The quantitative estimate of drug-likeness (QED) is 0.809. The van der Waals surface area contributed by atoms with Crippen LogP contribution < -0.4 is 5.32 Å². The van der Waals surface area contributed by atoms with Crippen LogP contribution in [0.15, 0.2) is 24.3 Å². The Hall–Kier alpha value is -2.74. The molecule has 1 saturated heterocycles. The third kappa shape index (κ3) is 4.48. The number of ether oxygens (including phenoxy) is 1. The summed E-state index contributed by atoms with van der Waals surface area (Å²) in [5.41, 5.74) is 2.21. The molecule has 8 heteroatoms. The minimum absolute atomic E-state index is 0.00325. The molecule has 154 valence electrons. The largest absolute Gasteiger partial charge is 0.381 e. The van der Waals surface area contributed by atoms with Crippen molar-refractivity contribution in [2.75, 3.05) is 26.3 Å². The number of rotatable bonds is 5. The molecule has 1 aromatic carbocycles. The van der Waals surface area contributed by atoms with Crippen LogP contribution in [0.3, 0.4) is 0 Å². The molecule has 0 aliphatic carbocycles. The van der Waals surface area contributed by atoms with E-state index >= 15 is 0 Å². The highest BCUT2D eigenvalue weighted by Crippen LogP contribution is 2.15. The first-order valence-corrected chi connectivity index (χ1v) is 10.2. The lowest BCUT2D eigenvalue weighted by Gasteiger charge is -2.20. The average molecular weight is 397 g/mol. The molecule has 0 radical (unpaired) electrons. The highest BCUT2D eigenvalue weighted by Gasteiger charge is 2.25. The number of hydrogen-bond donors (Lipinski definition) is 1. The summed E-state index contributed by atoms with van der Waals surface area (Å²) in [7, 11) is 0. The Balaban J connectivity index is 1.35. The molecule has 1 aromatic heterocycles. The molecular weight excluding hydrogens is 370 g/mol. The molecule has 1 fully saturated rings. The summed E-state index contributed by atoms with van der Waals surface area (Å²) < 4.78 is 7.31. The summed E-state index contributed by atoms with van der Waals surface area (Å²) >= 11 is 0. The predicted octanol–water partition coefficient (Wildman–Crippen LogP) is 0.867. The van der Waals surface area contributed by atoms with Crippen LogP contribution in [0.4, 0.5) is 0 Å². The zero-order chi connectivity index (χ0) is 20.2. The van der Waals surface area contributed by atoms with Crippen molar-refractivity contribution in [1.29, 1.82) is 0 Å². The topological polar surface area (TPSA) is 89.3 Å². The molecule has 2 aliphatic heterocycles. The number of carbonyl (C=O) groups excluding carboxylic acids is 2. The number of nitrogens with one attached hydrogen (secondary N) is 1. The van der Waals surface area contributed by atoms with Gasteiger partial charge in [0.15, 0.2) is 5.82 Å². The van der Waals surface area contributed by atoms with Crippen LogP contribution in [-0.4, -0.2) is 57.8 Å². The second-order valence-corrected chi connectivity index (χ2v) is 7.70. The van der Waals surface area contributed by atoms with Crippen molar-refractivity contribution in [3.8, 4) is 0 Å². The zero-order valence-corrected chi connectivity index (χ0v) is 16.8. The fraction of sp³-hybridized carbons (Fsp3) is 0.524. The second-order valence-electron chi connectivity index (χ2n) is 7.70. The summed E-state index contributed by atoms with van der Waals surface area (Å²) in [6, 6.07) is 8.00. The molecular formula is C21H27N5O3. The van der Waals surface area contributed by atoms with E-state index in [1.807, 2.05) is 40.7 Å². The lowest BCUT2D eigenvalue weighted by molar-refractivity contribution is -0.130. The van der Waals surface area contributed by atoms with E-state index in [1.54, 1.807) is 0 Å². The fourth-order valence-electron chi connectivity index (χ4n) is 3.90. The molecule has 2 aliphatic rings. The Morgan fingerprint density at radius 3 is 2.86 bits per heavy atom. The molecule has 29 heavy (non-hydrogen) atoms. The van der Waals surface area contributed by atoms with Gasteiger partial charge in [0.25, 0.3) is 0 Å². The van der Waals surface area contributed by atoms with E-state index in [0.717, 1.165) is 29.2 Å². The number of aromatic nitrogens is 3. The minimum Gasteiger partial charge on any atom is -0.381 e. The molecule has 3 heterocycles. The number of carbonyl (C=O) groups is 2. The summed E-state index contributed by atoms with van der Waals surface area (Å²) in [6.45, 7) is 5.40. The van der Waals surface area contributed by atoms with E-state index in [-0.39, 0.29) is 17.7 Å². The molecule has 0 spiro atoms. The van der Waals surface area contributed by atoms with Gasteiger partial charge in [0.05, 0.1) is 25.5 Å². The van der Waals surface area contributed by atoms with Crippen LogP contribution in [0.1, 0.15) is 29.2 Å². The molecule has 0 saturated carbocycles. The molecule has 8 nitrogen and oxygen atoms in total. The molecule has 1 N–H and O–H groups in total. The van der Waals surface area contributed by atoms with Crippen LogP contribution >= 0.6 is 0 Å². The summed E-state index contributed by atoms with van der Waals surface area (Å²) in [5, 5.41) is 11.5. The van der Waals surface area contributed by atoms with Gasteiger partial charge in [-0.15, -0.1) is 10.2 Å². The monoisotopic (exact) mass is 397 g/mol. The second kappa shape index (κ2) is 8.73. The van der Waals surface area contributed by atoms with E-state index in [9.17, 15) is 9.59 Å². The first-order valence-electron chi connectivity index (χ1n) is 10.2. The van der Waals surface area contributed by atoms with Gasteiger partial charge in [-0.25, -0.2) is 0 Å². The molecule has 2 amide bonds. The highest BCUT2D eigenvalue weighted by molar-refractivity contribution is 5.79. The van der Waals surface area contributed by atoms with Crippen LogP contribution in [0, 0.1) is 12.8 Å². The van der Waals surface area contributed by atoms with Crippen molar-refractivity contribution < 1.29 is 14.3 Å². The van der Waals surface area contributed by atoms with Gasteiger partial charge in [-0.3, -0.25) is 9.59 Å². The molecule has 4 rings (SSSR count). The molecule has 2 aromatic rings. The van der Waals surface area contributed by atoms with Gasteiger partial charge in [0, 0.05) is 32.7 Å². The van der Waals surface area contributed by atoms with Gasteiger partial charge in [0.2, 0.25) is 11.8 Å². The van der Waals surface area contributed by atoms with E-state index in [2.05, 4.69) is 15.5 Å². The number of nitrogens with zero attached hydrogens (tertiary/aromatic N) is 4. The van der Waals surface area contributed by atoms with Crippen molar-refractivity contribution in [3.05, 3.63) is 47.0 Å². The highest BCUT2D eigenvalue weighted by atomic mass is 16.5. The Kier molecular flexibility index (Phi) is 5.89. The lowest BCUT2D eigenvalue weighted by atomic mass is 10.1. The maximum Gasteiger partial charge on any atom is 0.227 e. The SMILES string of the molecule is Cc1ccccc1CC(=O)N1CCc2nnc(CNC(=O)C3CCOC3)n2CC1. The normalized spacial score (nSPS) is 18.9. The van der Waals surface area contributed by atoms with Crippen LogP contribution in [0.2, 0.25) is 0 Å². The van der Waals surface area contributed by atoms with Gasteiger partial charge in [0.1, 0.15) is 5.82 Å². The summed E-state index contributed by atoms with van der Waals surface area (Å²) in [4.78, 5) is 26.9. The number of benzene rings is 1. The summed E-state index contributed by atoms with van der Waals surface area (Å²) in [6.07, 6.45) is 1.85. The first-order chi connectivity index (χ1) is 14.1. The smallest absolute Gasteiger partial charge is 0.227 e. The Morgan fingerprint density at radius 1 is 1.21 bits per heavy atom. The fourth-order valence-corrected chi connectivity index (χ4v) is 3.90. The van der Waals surface area contributed by atoms with E-state index < -0.39 is 0 Å². The number of hydrogen-bond acceptors (Lipinski definition) is 5. The maximum atomic E-state index is 12.8. The minimum atomic E-state index is -0.0731. The van der Waals surface area contributed by atoms with Crippen molar-refractivity contribution in [3.63, 3.8) is 0 Å². The number of fused-ring (bicyclic) bond motifs is 1. The maximum absolute atomic E-state index is 12.8. The van der Waals surface area contributed by atoms with Crippen molar-refractivity contribution in [1.82, 2.24) is 25.0 Å². The van der Waals surface area contributed by atoms with Crippen LogP contribution in [-0.2, 0) is 40.3 Å². The third-order valence-electron chi connectivity index (χ3n) is 5.78. The van der Waals surface area contributed by atoms with Crippen LogP contribution in [0.25, 0.3) is 0 Å². The average Bonchev–Trinajstić information content (AvgIpc) is 3.34. The standard InChI is InChI=1S/C21H27N5O3/c1-15-4-2-3-5-16(15)12-20(27)25-8-6-18-23-24-19(26(18)10-9-25)13-22-21(28)17-7-11-29-14-17/h2-5,17H,6-14H2,1H3,(H,22,28). The van der Waals surface area contributed by atoms with Gasteiger partial charge < -0.3 is 19.5 Å². The lowest BCUT2D eigenvalue weighted by Crippen LogP contribution is -2.35. The Morgan fingerprint density at radius 2 is 2.07 bits per heavy atom. The number of amides is 2.